The van der Waals surface area contributed by atoms with Gasteiger partial charge in [-0.15, -0.1) is 0 Å². The Morgan fingerprint density at radius 2 is 2.00 bits per heavy atom. The highest BCUT2D eigenvalue weighted by molar-refractivity contribution is 5.54. The molecule has 0 amide bonds. The SMILES string of the molecule is NCCCc1coc(-c2ccc(O)cc2)n1. The summed E-state index contributed by atoms with van der Waals surface area (Å²) in [6, 6.07) is 6.76. The Morgan fingerprint density at radius 3 is 2.69 bits per heavy atom. The molecule has 0 radical (unpaired) electrons. The minimum absolute atomic E-state index is 0.235. The lowest BCUT2D eigenvalue weighted by molar-refractivity contribution is 0.475. The molecule has 0 aliphatic heterocycles. The largest absolute Gasteiger partial charge is 0.508 e. The average Bonchev–Trinajstić information content (AvgIpc) is 2.76. The second-order valence-electron chi connectivity index (χ2n) is 3.58. The molecule has 16 heavy (non-hydrogen) atoms. The molecule has 4 heteroatoms. The summed E-state index contributed by atoms with van der Waals surface area (Å²) in [5.41, 5.74) is 7.19. The van der Waals surface area contributed by atoms with Gasteiger partial charge in [-0.2, -0.15) is 0 Å². The van der Waals surface area contributed by atoms with E-state index in [1.807, 2.05) is 0 Å². The number of nitrogens with two attached hydrogens (primary N) is 1. The Morgan fingerprint density at radius 1 is 1.25 bits per heavy atom. The van der Waals surface area contributed by atoms with E-state index in [0.29, 0.717) is 12.4 Å². The molecule has 84 valence electrons. The molecule has 3 N–H and O–H groups in total. The Labute approximate surface area is 93.7 Å². The number of phenols is 1. The first kappa shape index (κ1) is 10.7. The van der Waals surface area contributed by atoms with E-state index in [4.69, 9.17) is 15.3 Å². The minimum atomic E-state index is 0.235. The van der Waals surface area contributed by atoms with Crippen molar-refractivity contribution in [3.05, 3.63) is 36.2 Å². The van der Waals surface area contributed by atoms with Crippen LogP contribution in [0.25, 0.3) is 11.5 Å². The third-order valence-electron chi connectivity index (χ3n) is 2.30. The predicted octanol–water partition coefficient (Wildman–Crippen LogP) is 1.94. The van der Waals surface area contributed by atoms with Crippen molar-refractivity contribution in [2.45, 2.75) is 12.8 Å². The lowest BCUT2D eigenvalue weighted by atomic mass is 10.2. The van der Waals surface area contributed by atoms with Gasteiger partial charge in [0, 0.05) is 5.56 Å². The molecule has 0 unspecified atom stereocenters. The Bertz CT molecular complexity index is 448. The van der Waals surface area contributed by atoms with E-state index in [-0.39, 0.29) is 5.75 Å². The number of aryl methyl sites for hydroxylation is 1. The molecule has 2 rings (SSSR count). The van der Waals surface area contributed by atoms with Crippen molar-refractivity contribution in [1.29, 1.82) is 0 Å². The topological polar surface area (TPSA) is 72.3 Å². The van der Waals surface area contributed by atoms with Crippen molar-refractivity contribution in [2.75, 3.05) is 6.54 Å². The van der Waals surface area contributed by atoms with Gasteiger partial charge in [0.25, 0.3) is 0 Å². The second-order valence-corrected chi connectivity index (χ2v) is 3.58. The number of benzene rings is 1. The van der Waals surface area contributed by atoms with Crippen LogP contribution in [0.5, 0.6) is 5.75 Å². The van der Waals surface area contributed by atoms with E-state index in [9.17, 15) is 0 Å². The number of oxazole rings is 1. The molecule has 0 saturated heterocycles. The quantitative estimate of drug-likeness (QED) is 0.822. The smallest absolute Gasteiger partial charge is 0.226 e. The summed E-state index contributed by atoms with van der Waals surface area (Å²) >= 11 is 0. The molecule has 0 spiro atoms. The third-order valence-corrected chi connectivity index (χ3v) is 2.30. The zero-order valence-corrected chi connectivity index (χ0v) is 8.89. The van der Waals surface area contributed by atoms with Crippen molar-refractivity contribution in [2.24, 2.45) is 5.73 Å². The van der Waals surface area contributed by atoms with Gasteiger partial charge in [-0.3, -0.25) is 0 Å². The summed E-state index contributed by atoms with van der Waals surface area (Å²) in [4.78, 5) is 4.34. The van der Waals surface area contributed by atoms with Gasteiger partial charge in [-0.1, -0.05) is 0 Å². The first-order valence-electron chi connectivity index (χ1n) is 5.23. The van der Waals surface area contributed by atoms with Gasteiger partial charge in [0.1, 0.15) is 12.0 Å². The van der Waals surface area contributed by atoms with Crippen molar-refractivity contribution in [1.82, 2.24) is 4.98 Å². The molecule has 0 bridgehead atoms. The fourth-order valence-corrected chi connectivity index (χ4v) is 1.44. The van der Waals surface area contributed by atoms with E-state index < -0.39 is 0 Å². The van der Waals surface area contributed by atoms with Gasteiger partial charge < -0.3 is 15.3 Å². The molecular weight excluding hydrogens is 204 g/mol. The van der Waals surface area contributed by atoms with E-state index >= 15 is 0 Å². The number of aromatic hydroxyl groups is 1. The molecule has 0 aliphatic carbocycles. The van der Waals surface area contributed by atoms with Gasteiger partial charge in [0.15, 0.2) is 0 Å². The maximum Gasteiger partial charge on any atom is 0.226 e. The van der Waals surface area contributed by atoms with E-state index in [1.165, 1.54) is 0 Å². The Balaban J connectivity index is 2.15. The Hall–Kier alpha value is -1.81. The number of rotatable bonds is 4. The first-order valence-corrected chi connectivity index (χ1v) is 5.23. The van der Waals surface area contributed by atoms with Gasteiger partial charge in [-0.05, 0) is 43.7 Å². The van der Waals surface area contributed by atoms with Crippen LogP contribution in [-0.4, -0.2) is 16.6 Å². The molecule has 0 fully saturated rings. The lowest BCUT2D eigenvalue weighted by Crippen LogP contribution is -2.00. The van der Waals surface area contributed by atoms with Gasteiger partial charge in [0.05, 0.1) is 5.69 Å². The fourth-order valence-electron chi connectivity index (χ4n) is 1.44. The third kappa shape index (κ3) is 2.41. The van der Waals surface area contributed by atoms with Crippen LogP contribution in [0.2, 0.25) is 0 Å². The molecule has 2 aromatic rings. The van der Waals surface area contributed by atoms with Crippen molar-refractivity contribution in [3.8, 4) is 17.2 Å². The number of hydrogen-bond acceptors (Lipinski definition) is 4. The summed E-state index contributed by atoms with van der Waals surface area (Å²) in [6.07, 6.45) is 3.39. The van der Waals surface area contributed by atoms with Crippen LogP contribution in [0, 0.1) is 0 Å². The van der Waals surface area contributed by atoms with Crippen LogP contribution < -0.4 is 5.73 Å². The maximum atomic E-state index is 9.16. The maximum absolute atomic E-state index is 9.16. The molecule has 1 aromatic carbocycles. The number of aromatic nitrogens is 1. The van der Waals surface area contributed by atoms with Gasteiger partial charge in [0.2, 0.25) is 5.89 Å². The minimum Gasteiger partial charge on any atom is -0.508 e. The van der Waals surface area contributed by atoms with Crippen molar-refractivity contribution >= 4 is 0 Å². The molecule has 1 heterocycles. The molecule has 4 nitrogen and oxygen atoms in total. The predicted molar refractivity (Wildman–Crippen MR) is 61.0 cm³/mol. The van der Waals surface area contributed by atoms with Crippen LogP contribution in [-0.2, 0) is 6.42 Å². The van der Waals surface area contributed by atoms with Crippen LogP contribution in [0.1, 0.15) is 12.1 Å². The zero-order chi connectivity index (χ0) is 11.4. The summed E-state index contributed by atoms with van der Waals surface area (Å²) in [7, 11) is 0. The lowest BCUT2D eigenvalue weighted by Gasteiger charge is -1.95. The second kappa shape index (κ2) is 4.81. The van der Waals surface area contributed by atoms with Crippen molar-refractivity contribution < 1.29 is 9.52 Å². The summed E-state index contributed by atoms with van der Waals surface area (Å²) in [5, 5.41) is 9.16. The molecule has 0 saturated carbocycles. The molecule has 0 atom stereocenters. The van der Waals surface area contributed by atoms with Crippen LogP contribution in [0.15, 0.2) is 34.9 Å². The highest BCUT2D eigenvalue weighted by Crippen LogP contribution is 2.21. The first-order chi connectivity index (χ1) is 7.79. The normalized spacial score (nSPS) is 10.6. The van der Waals surface area contributed by atoms with E-state index in [0.717, 1.165) is 24.1 Å². The number of phenolic OH excluding ortho intramolecular Hbond substituents is 1. The van der Waals surface area contributed by atoms with Crippen LogP contribution in [0.4, 0.5) is 0 Å². The highest BCUT2D eigenvalue weighted by Gasteiger charge is 2.05. The summed E-state index contributed by atoms with van der Waals surface area (Å²) in [6.45, 7) is 0.654. The summed E-state index contributed by atoms with van der Waals surface area (Å²) < 4.78 is 5.35. The fraction of sp³-hybridized carbons (Fsp3) is 0.250. The molecular formula is C12H14N2O2. The van der Waals surface area contributed by atoms with E-state index in [2.05, 4.69) is 4.98 Å². The summed E-state index contributed by atoms with van der Waals surface area (Å²) in [5.74, 6) is 0.811. The van der Waals surface area contributed by atoms with E-state index in [1.54, 1.807) is 30.5 Å². The Kier molecular flexibility index (Phi) is 3.22. The van der Waals surface area contributed by atoms with Crippen LogP contribution >= 0.6 is 0 Å². The number of nitrogens with zero attached hydrogens (tertiary/aromatic N) is 1. The zero-order valence-electron chi connectivity index (χ0n) is 8.89. The van der Waals surface area contributed by atoms with Crippen LogP contribution in [0.3, 0.4) is 0 Å². The molecule has 1 aromatic heterocycles. The van der Waals surface area contributed by atoms with Gasteiger partial charge >= 0.3 is 0 Å². The molecule has 0 aliphatic rings. The number of hydrogen-bond donors (Lipinski definition) is 2. The van der Waals surface area contributed by atoms with Crippen molar-refractivity contribution in [3.63, 3.8) is 0 Å². The standard InChI is InChI=1S/C12H14N2O2/c13-7-1-2-10-8-16-12(14-10)9-3-5-11(15)6-4-9/h3-6,8,15H,1-2,7,13H2. The van der Waals surface area contributed by atoms with Gasteiger partial charge in [-0.25, -0.2) is 4.98 Å². The average molecular weight is 218 g/mol. The monoisotopic (exact) mass is 218 g/mol. The highest BCUT2D eigenvalue weighted by atomic mass is 16.3.